The second-order valence-electron chi connectivity index (χ2n) is 3.39. The Morgan fingerprint density at radius 3 is 2.38 bits per heavy atom. The van der Waals surface area contributed by atoms with Crippen molar-refractivity contribution < 1.29 is 13.2 Å². The van der Waals surface area contributed by atoms with Gasteiger partial charge in [-0.15, -0.1) is 0 Å². The Bertz CT molecular complexity index is 430. The van der Waals surface area contributed by atoms with Crippen molar-refractivity contribution in [3.8, 4) is 5.75 Å². The third-order valence-electron chi connectivity index (χ3n) is 2.05. The van der Waals surface area contributed by atoms with Crippen LogP contribution in [0.5, 0.6) is 5.75 Å². The fourth-order valence-corrected chi connectivity index (χ4v) is 1.66. The fourth-order valence-electron chi connectivity index (χ4n) is 0.989. The number of likely N-dealkylation sites (N-methyl/N-ethyl adjacent to an activating group) is 1. The van der Waals surface area contributed by atoms with Gasteiger partial charge in [0.25, 0.3) is 0 Å². The molecule has 0 saturated heterocycles. The molecule has 0 aromatic heterocycles. The van der Waals surface area contributed by atoms with E-state index in [9.17, 15) is 8.42 Å². The Morgan fingerprint density at radius 1 is 1.31 bits per heavy atom. The zero-order valence-electron chi connectivity index (χ0n) is 9.18. The first-order chi connectivity index (χ1) is 7.39. The Kier molecular flexibility index (Phi) is 4.76. The maximum atomic E-state index is 11.1. The first-order valence-electron chi connectivity index (χ1n) is 4.69. The van der Waals surface area contributed by atoms with Gasteiger partial charge in [0.15, 0.2) is 0 Å². The lowest BCUT2D eigenvalue weighted by molar-refractivity contribution is 0.287. The van der Waals surface area contributed by atoms with Crippen molar-refractivity contribution in [1.29, 1.82) is 0 Å². The predicted molar refractivity (Wildman–Crippen MR) is 67.1 cm³/mol. The van der Waals surface area contributed by atoms with Crippen LogP contribution in [0.25, 0.3) is 0 Å². The fraction of sp³-hybridized carbons (Fsp3) is 0.400. The lowest BCUT2D eigenvalue weighted by Crippen LogP contribution is -2.29. The van der Waals surface area contributed by atoms with Crippen LogP contribution < -0.4 is 4.74 Å². The standard InChI is InChI=1S/C10H14BrNO3S/c1-12(16(2,13)14)7-8-15-10-5-3-9(11)4-6-10/h3-6H,7-8H2,1-2H3. The molecule has 6 heteroatoms. The van der Waals surface area contributed by atoms with E-state index in [2.05, 4.69) is 15.9 Å². The van der Waals surface area contributed by atoms with E-state index in [1.54, 1.807) is 0 Å². The summed E-state index contributed by atoms with van der Waals surface area (Å²) in [6.07, 6.45) is 1.17. The van der Waals surface area contributed by atoms with Crippen molar-refractivity contribution in [3.05, 3.63) is 28.7 Å². The number of hydrogen-bond acceptors (Lipinski definition) is 3. The average molecular weight is 308 g/mol. The van der Waals surface area contributed by atoms with E-state index in [0.717, 1.165) is 10.2 Å². The van der Waals surface area contributed by atoms with Crippen LogP contribution in [0, 0.1) is 0 Å². The number of benzene rings is 1. The molecule has 90 valence electrons. The molecule has 0 amide bonds. The van der Waals surface area contributed by atoms with Crippen molar-refractivity contribution in [2.24, 2.45) is 0 Å². The minimum Gasteiger partial charge on any atom is -0.492 e. The van der Waals surface area contributed by atoms with Crippen LogP contribution in [0.3, 0.4) is 0 Å². The van der Waals surface area contributed by atoms with Gasteiger partial charge in [0.05, 0.1) is 6.26 Å². The molecule has 0 saturated carbocycles. The first-order valence-corrected chi connectivity index (χ1v) is 7.33. The summed E-state index contributed by atoms with van der Waals surface area (Å²) in [6.45, 7) is 0.681. The normalized spacial score (nSPS) is 11.8. The zero-order valence-corrected chi connectivity index (χ0v) is 11.6. The third kappa shape index (κ3) is 4.51. The van der Waals surface area contributed by atoms with Crippen molar-refractivity contribution >= 4 is 26.0 Å². The van der Waals surface area contributed by atoms with E-state index in [-0.39, 0.29) is 0 Å². The summed E-state index contributed by atoms with van der Waals surface area (Å²) >= 11 is 3.32. The molecule has 0 spiro atoms. The van der Waals surface area contributed by atoms with E-state index in [4.69, 9.17) is 4.74 Å². The minimum absolute atomic E-state index is 0.338. The molecule has 16 heavy (non-hydrogen) atoms. The van der Waals surface area contributed by atoms with Gasteiger partial charge in [-0.1, -0.05) is 15.9 Å². The van der Waals surface area contributed by atoms with Gasteiger partial charge in [0, 0.05) is 18.1 Å². The molecular weight excluding hydrogens is 294 g/mol. The smallest absolute Gasteiger partial charge is 0.211 e. The highest BCUT2D eigenvalue weighted by Gasteiger charge is 2.09. The van der Waals surface area contributed by atoms with Crippen LogP contribution in [-0.2, 0) is 10.0 Å². The van der Waals surface area contributed by atoms with Crippen LogP contribution >= 0.6 is 15.9 Å². The number of hydrogen-bond donors (Lipinski definition) is 0. The van der Waals surface area contributed by atoms with E-state index in [1.807, 2.05) is 24.3 Å². The van der Waals surface area contributed by atoms with Gasteiger partial charge in [-0.3, -0.25) is 0 Å². The molecule has 0 aliphatic rings. The summed E-state index contributed by atoms with van der Waals surface area (Å²) in [4.78, 5) is 0. The molecule has 0 radical (unpaired) electrons. The van der Waals surface area contributed by atoms with Gasteiger partial charge in [0.1, 0.15) is 12.4 Å². The van der Waals surface area contributed by atoms with Crippen LogP contribution in [0.1, 0.15) is 0 Å². The molecule has 0 aliphatic heterocycles. The van der Waals surface area contributed by atoms with Crippen LogP contribution in [0.4, 0.5) is 0 Å². The SMILES string of the molecule is CN(CCOc1ccc(Br)cc1)S(C)(=O)=O. The molecule has 4 nitrogen and oxygen atoms in total. The van der Waals surface area contributed by atoms with Gasteiger partial charge >= 0.3 is 0 Å². The Balaban J connectivity index is 2.39. The first kappa shape index (κ1) is 13.5. The quantitative estimate of drug-likeness (QED) is 0.832. The molecule has 0 N–H and O–H groups in total. The maximum absolute atomic E-state index is 11.1. The molecule has 0 unspecified atom stereocenters. The summed E-state index contributed by atoms with van der Waals surface area (Å²) in [5.74, 6) is 0.727. The summed E-state index contributed by atoms with van der Waals surface area (Å²) in [7, 11) is -1.59. The number of rotatable bonds is 5. The summed E-state index contributed by atoms with van der Waals surface area (Å²) < 4.78 is 29.8. The molecule has 1 aromatic rings. The second kappa shape index (κ2) is 5.65. The Labute approximate surface area is 104 Å². The highest BCUT2D eigenvalue weighted by atomic mass is 79.9. The largest absolute Gasteiger partial charge is 0.492 e. The Morgan fingerprint density at radius 2 is 1.88 bits per heavy atom. The topological polar surface area (TPSA) is 46.6 Å². The lowest BCUT2D eigenvalue weighted by atomic mass is 10.3. The van der Waals surface area contributed by atoms with Gasteiger partial charge in [-0.05, 0) is 24.3 Å². The monoisotopic (exact) mass is 307 g/mol. The van der Waals surface area contributed by atoms with Crippen LogP contribution in [-0.4, -0.2) is 39.2 Å². The van der Waals surface area contributed by atoms with E-state index in [0.29, 0.717) is 13.2 Å². The molecule has 1 aromatic carbocycles. The third-order valence-corrected chi connectivity index (χ3v) is 3.90. The second-order valence-corrected chi connectivity index (χ2v) is 6.39. The van der Waals surface area contributed by atoms with E-state index in [1.165, 1.54) is 17.6 Å². The minimum atomic E-state index is -3.12. The van der Waals surface area contributed by atoms with Crippen LogP contribution in [0.2, 0.25) is 0 Å². The zero-order chi connectivity index (χ0) is 12.2. The highest BCUT2D eigenvalue weighted by Crippen LogP contribution is 2.15. The van der Waals surface area contributed by atoms with Gasteiger partial charge in [-0.2, -0.15) is 0 Å². The van der Waals surface area contributed by atoms with Crippen molar-refractivity contribution in [3.63, 3.8) is 0 Å². The van der Waals surface area contributed by atoms with Crippen LogP contribution in [0.15, 0.2) is 28.7 Å². The molecule has 0 aliphatic carbocycles. The predicted octanol–water partition coefficient (Wildman–Crippen LogP) is 1.72. The van der Waals surface area contributed by atoms with Gasteiger partial charge in [-0.25, -0.2) is 12.7 Å². The van der Waals surface area contributed by atoms with Crippen molar-refractivity contribution in [2.45, 2.75) is 0 Å². The van der Waals surface area contributed by atoms with E-state index < -0.39 is 10.0 Å². The van der Waals surface area contributed by atoms with Crippen molar-refractivity contribution in [1.82, 2.24) is 4.31 Å². The lowest BCUT2D eigenvalue weighted by Gasteiger charge is -2.14. The maximum Gasteiger partial charge on any atom is 0.211 e. The molecular formula is C10H14BrNO3S. The number of sulfonamides is 1. The molecule has 1 rings (SSSR count). The number of nitrogens with zero attached hydrogens (tertiary/aromatic N) is 1. The molecule has 0 bridgehead atoms. The van der Waals surface area contributed by atoms with E-state index >= 15 is 0 Å². The molecule has 0 heterocycles. The Hall–Kier alpha value is -0.590. The summed E-state index contributed by atoms with van der Waals surface area (Å²) in [5.41, 5.74) is 0. The summed E-state index contributed by atoms with van der Waals surface area (Å²) in [5, 5.41) is 0. The molecule has 0 fully saturated rings. The number of halogens is 1. The average Bonchev–Trinajstić information content (AvgIpc) is 2.19. The summed E-state index contributed by atoms with van der Waals surface area (Å²) in [6, 6.07) is 7.39. The highest BCUT2D eigenvalue weighted by molar-refractivity contribution is 9.10. The van der Waals surface area contributed by atoms with Gasteiger partial charge < -0.3 is 4.74 Å². The number of ether oxygens (including phenoxy) is 1. The molecule has 0 atom stereocenters. The van der Waals surface area contributed by atoms with Crippen molar-refractivity contribution in [2.75, 3.05) is 26.5 Å². The van der Waals surface area contributed by atoms with Gasteiger partial charge in [0.2, 0.25) is 10.0 Å².